The van der Waals surface area contributed by atoms with E-state index in [1.165, 1.54) is 32.4 Å². The minimum atomic E-state index is -4.25. The number of sulfonamides is 1. The van der Waals surface area contributed by atoms with Crippen LogP contribution in [-0.4, -0.2) is 45.7 Å². The molecule has 0 saturated heterocycles. The Labute approximate surface area is 145 Å². The largest absolute Gasteiger partial charge is 0.481 e. The Morgan fingerprint density at radius 1 is 1.04 bits per heavy atom. The summed E-state index contributed by atoms with van der Waals surface area (Å²) in [5, 5.41) is -1.58. The number of hydrogen-bond donors (Lipinski definition) is 1. The molecule has 1 heterocycles. The van der Waals surface area contributed by atoms with Crippen LogP contribution < -0.4 is 14.2 Å². The average Bonchev–Trinajstić information content (AvgIpc) is 2.61. The van der Waals surface area contributed by atoms with Gasteiger partial charge >= 0.3 is 5.97 Å². The van der Waals surface area contributed by atoms with Gasteiger partial charge in [0.15, 0.2) is 0 Å². The highest BCUT2D eigenvalue weighted by Crippen LogP contribution is 2.26. The number of nitrogens with zero attached hydrogens (tertiary/aromatic N) is 2. The lowest BCUT2D eigenvalue weighted by molar-refractivity contribution is -0.140. The molecule has 0 aliphatic carbocycles. The summed E-state index contributed by atoms with van der Waals surface area (Å²) in [6, 6.07) is 9.33. The molecule has 0 spiro atoms. The summed E-state index contributed by atoms with van der Waals surface area (Å²) in [5.41, 5.74) is 0.247. The molecule has 9 nitrogen and oxygen atoms in total. The normalized spacial score (nSPS) is 12.1. The second kappa shape index (κ2) is 7.79. The van der Waals surface area contributed by atoms with Crippen molar-refractivity contribution in [2.45, 2.75) is 5.25 Å². The lowest BCUT2D eigenvalue weighted by Gasteiger charge is -2.16. The molecule has 2 aromatic rings. The molecule has 0 fully saturated rings. The van der Waals surface area contributed by atoms with Crippen molar-refractivity contribution >= 4 is 21.9 Å². The number of aromatic nitrogens is 2. The van der Waals surface area contributed by atoms with E-state index in [2.05, 4.69) is 19.4 Å². The van der Waals surface area contributed by atoms with E-state index in [0.29, 0.717) is 0 Å². The minimum Gasteiger partial charge on any atom is -0.481 e. The third-order valence-corrected chi connectivity index (χ3v) is 4.71. The first kappa shape index (κ1) is 18.5. The van der Waals surface area contributed by atoms with Crippen LogP contribution in [0, 0.1) is 0 Å². The summed E-state index contributed by atoms with van der Waals surface area (Å²) in [6.45, 7) is 0. The number of rotatable bonds is 7. The first-order valence-electron chi connectivity index (χ1n) is 7.02. The number of ether oxygens (including phenoxy) is 3. The molecule has 25 heavy (non-hydrogen) atoms. The summed E-state index contributed by atoms with van der Waals surface area (Å²) in [5.74, 6) is -1.03. The van der Waals surface area contributed by atoms with Crippen LogP contribution in [0.5, 0.6) is 11.8 Å². The molecular weight excluding hydrogens is 350 g/mol. The maximum absolute atomic E-state index is 12.7. The third kappa shape index (κ3) is 4.35. The maximum Gasteiger partial charge on any atom is 0.330 e. The van der Waals surface area contributed by atoms with E-state index in [4.69, 9.17) is 9.47 Å². The number of nitrogens with one attached hydrogen (secondary N) is 1. The smallest absolute Gasteiger partial charge is 0.330 e. The molecule has 2 rings (SSSR count). The SMILES string of the molecule is COC(=O)[C@@H](c1ccccc1)S(=O)(=O)Nc1nc(OC)cc(OC)n1. The van der Waals surface area contributed by atoms with Crippen LogP contribution in [0.15, 0.2) is 36.4 Å². The quantitative estimate of drug-likeness (QED) is 0.724. The average molecular weight is 367 g/mol. The highest BCUT2D eigenvalue weighted by atomic mass is 32.2. The number of methoxy groups -OCH3 is 3. The van der Waals surface area contributed by atoms with Crippen LogP contribution in [0.1, 0.15) is 10.8 Å². The summed E-state index contributed by atoms with van der Waals surface area (Å²) >= 11 is 0. The van der Waals surface area contributed by atoms with Gasteiger partial charge in [-0.05, 0) is 5.56 Å². The summed E-state index contributed by atoms with van der Waals surface area (Å²) in [4.78, 5) is 19.8. The van der Waals surface area contributed by atoms with Crippen molar-refractivity contribution in [3.8, 4) is 11.8 Å². The van der Waals surface area contributed by atoms with Gasteiger partial charge in [0.25, 0.3) is 10.0 Å². The first-order chi connectivity index (χ1) is 11.9. The zero-order valence-corrected chi connectivity index (χ0v) is 14.6. The molecule has 0 amide bonds. The standard InChI is InChI=1S/C15H17N3O6S/c1-22-11-9-12(23-2)17-15(16-11)18-25(20,21)13(14(19)24-3)10-7-5-4-6-8-10/h4-9,13H,1-3H3,(H,16,17,18)/t13-/m1/s1. The Bertz CT molecular complexity index is 819. The third-order valence-electron chi connectivity index (χ3n) is 3.16. The minimum absolute atomic E-state index is 0.0962. The topological polar surface area (TPSA) is 117 Å². The van der Waals surface area contributed by atoms with Crippen LogP contribution in [0.3, 0.4) is 0 Å². The Morgan fingerprint density at radius 3 is 2.08 bits per heavy atom. The van der Waals surface area contributed by atoms with Crippen molar-refractivity contribution < 1.29 is 27.4 Å². The lowest BCUT2D eigenvalue weighted by Crippen LogP contribution is -2.29. The molecular formula is C15H17N3O6S. The fourth-order valence-electron chi connectivity index (χ4n) is 2.02. The molecule has 1 aromatic carbocycles. The van der Waals surface area contributed by atoms with Gasteiger partial charge in [-0.1, -0.05) is 30.3 Å². The predicted octanol–water partition coefficient (Wildman–Crippen LogP) is 1.15. The lowest BCUT2D eigenvalue weighted by atomic mass is 10.1. The molecule has 10 heteroatoms. The first-order valence-corrected chi connectivity index (χ1v) is 8.57. The van der Waals surface area contributed by atoms with Crippen LogP contribution in [0.2, 0.25) is 0 Å². The molecule has 0 aliphatic rings. The van der Waals surface area contributed by atoms with Crippen molar-refractivity contribution in [1.29, 1.82) is 0 Å². The zero-order valence-electron chi connectivity index (χ0n) is 13.8. The Balaban J connectivity index is 2.43. The number of carbonyl (C=O) groups is 1. The van der Waals surface area contributed by atoms with Crippen molar-refractivity contribution in [2.24, 2.45) is 0 Å². The Kier molecular flexibility index (Phi) is 5.75. The van der Waals surface area contributed by atoms with Crippen LogP contribution in [-0.2, 0) is 19.6 Å². The van der Waals surface area contributed by atoms with Gasteiger partial charge < -0.3 is 14.2 Å². The molecule has 0 unspecified atom stereocenters. The molecule has 1 N–H and O–H groups in total. The van der Waals surface area contributed by atoms with Gasteiger partial charge in [0, 0.05) is 0 Å². The van der Waals surface area contributed by atoms with E-state index in [1.807, 2.05) is 0 Å². The van der Waals surface area contributed by atoms with Crippen LogP contribution in [0.25, 0.3) is 0 Å². The van der Waals surface area contributed by atoms with Gasteiger partial charge in [-0.25, -0.2) is 13.1 Å². The molecule has 1 atom stereocenters. The molecule has 0 saturated carbocycles. The van der Waals surface area contributed by atoms with Gasteiger partial charge in [-0.2, -0.15) is 9.97 Å². The van der Waals surface area contributed by atoms with E-state index >= 15 is 0 Å². The molecule has 0 radical (unpaired) electrons. The Hall–Kier alpha value is -2.88. The van der Waals surface area contributed by atoms with Gasteiger partial charge in [0.1, 0.15) is 0 Å². The van der Waals surface area contributed by atoms with Gasteiger partial charge in [0.05, 0.1) is 27.4 Å². The zero-order chi connectivity index (χ0) is 18.4. The molecule has 0 bridgehead atoms. The highest BCUT2D eigenvalue weighted by molar-refractivity contribution is 7.93. The van der Waals surface area contributed by atoms with E-state index in [9.17, 15) is 13.2 Å². The highest BCUT2D eigenvalue weighted by Gasteiger charge is 2.36. The second-order valence-corrected chi connectivity index (χ2v) is 6.50. The molecule has 134 valence electrons. The summed E-state index contributed by atoms with van der Waals surface area (Å²) in [6.07, 6.45) is 0. The fraction of sp³-hybridized carbons (Fsp3) is 0.267. The van der Waals surface area contributed by atoms with Gasteiger partial charge in [0.2, 0.25) is 23.0 Å². The number of benzene rings is 1. The van der Waals surface area contributed by atoms with E-state index in [-0.39, 0.29) is 23.3 Å². The number of carbonyl (C=O) groups excluding carboxylic acids is 1. The van der Waals surface area contributed by atoms with Crippen molar-refractivity contribution in [3.05, 3.63) is 42.0 Å². The van der Waals surface area contributed by atoms with E-state index in [0.717, 1.165) is 7.11 Å². The number of anilines is 1. The van der Waals surface area contributed by atoms with Crippen LogP contribution >= 0.6 is 0 Å². The van der Waals surface area contributed by atoms with Crippen molar-refractivity contribution in [3.63, 3.8) is 0 Å². The maximum atomic E-state index is 12.7. The monoisotopic (exact) mass is 367 g/mol. The molecule has 1 aromatic heterocycles. The predicted molar refractivity (Wildman–Crippen MR) is 88.9 cm³/mol. The fourth-order valence-corrected chi connectivity index (χ4v) is 3.35. The van der Waals surface area contributed by atoms with E-state index in [1.54, 1.807) is 18.2 Å². The Morgan fingerprint density at radius 2 is 1.60 bits per heavy atom. The summed E-state index contributed by atoms with van der Waals surface area (Å²) in [7, 11) is -0.416. The van der Waals surface area contributed by atoms with Crippen LogP contribution in [0.4, 0.5) is 5.95 Å². The van der Waals surface area contributed by atoms with Gasteiger partial charge in [-0.3, -0.25) is 4.79 Å². The molecule has 0 aliphatic heterocycles. The second-order valence-electron chi connectivity index (χ2n) is 4.74. The number of esters is 1. The van der Waals surface area contributed by atoms with Gasteiger partial charge in [-0.15, -0.1) is 0 Å². The van der Waals surface area contributed by atoms with Crippen molar-refractivity contribution in [2.75, 3.05) is 26.1 Å². The number of hydrogen-bond acceptors (Lipinski definition) is 8. The van der Waals surface area contributed by atoms with E-state index < -0.39 is 21.2 Å². The van der Waals surface area contributed by atoms with Crippen molar-refractivity contribution in [1.82, 2.24) is 9.97 Å². The summed E-state index contributed by atoms with van der Waals surface area (Å²) < 4.78 is 42.2.